The average molecular weight is 254 g/mol. The summed E-state index contributed by atoms with van der Waals surface area (Å²) >= 11 is 0. The second-order valence-corrected chi connectivity index (χ2v) is 5.18. The zero-order chi connectivity index (χ0) is 13.4. The van der Waals surface area contributed by atoms with Crippen molar-refractivity contribution in [2.24, 2.45) is 7.05 Å². The average Bonchev–Trinajstić information content (AvgIpc) is 2.71. The number of fused-ring (bicyclic) bond motifs is 1. The quantitative estimate of drug-likeness (QED) is 0.897. The molecule has 1 fully saturated rings. The van der Waals surface area contributed by atoms with Gasteiger partial charge in [0.15, 0.2) is 0 Å². The SMILES string of the molecule is C=Cc1cccc2cc(C(=O)NC3CCC3)n(C)c12. The van der Waals surface area contributed by atoms with Gasteiger partial charge in [0.1, 0.15) is 5.69 Å². The van der Waals surface area contributed by atoms with Crippen LogP contribution in [0, 0.1) is 0 Å². The number of amides is 1. The van der Waals surface area contributed by atoms with Gasteiger partial charge in [-0.2, -0.15) is 0 Å². The molecular weight excluding hydrogens is 236 g/mol. The van der Waals surface area contributed by atoms with E-state index in [1.807, 2.05) is 42.0 Å². The molecule has 1 aliphatic carbocycles. The van der Waals surface area contributed by atoms with Crippen molar-refractivity contribution in [2.75, 3.05) is 0 Å². The van der Waals surface area contributed by atoms with Crippen molar-refractivity contribution >= 4 is 22.9 Å². The summed E-state index contributed by atoms with van der Waals surface area (Å²) < 4.78 is 1.96. The van der Waals surface area contributed by atoms with Gasteiger partial charge in [0.05, 0.1) is 5.52 Å². The number of rotatable bonds is 3. The molecule has 19 heavy (non-hydrogen) atoms. The number of hydrogen-bond donors (Lipinski definition) is 1. The third kappa shape index (κ3) is 1.95. The van der Waals surface area contributed by atoms with Crippen molar-refractivity contribution < 1.29 is 4.79 Å². The molecule has 3 rings (SSSR count). The van der Waals surface area contributed by atoms with Crippen LogP contribution in [0.1, 0.15) is 35.3 Å². The lowest BCUT2D eigenvalue weighted by atomic mass is 9.93. The smallest absolute Gasteiger partial charge is 0.268 e. The van der Waals surface area contributed by atoms with Crippen LogP contribution in [0.5, 0.6) is 0 Å². The molecule has 1 N–H and O–H groups in total. The van der Waals surface area contributed by atoms with E-state index in [0.29, 0.717) is 6.04 Å². The number of carbonyl (C=O) groups is 1. The van der Waals surface area contributed by atoms with Gasteiger partial charge >= 0.3 is 0 Å². The Morgan fingerprint density at radius 1 is 1.47 bits per heavy atom. The van der Waals surface area contributed by atoms with Gasteiger partial charge in [-0.3, -0.25) is 4.79 Å². The van der Waals surface area contributed by atoms with Crippen LogP contribution in [-0.4, -0.2) is 16.5 Å². The lowest BCUT2D eigenvalue weighted by Gasteiger charge is -2.26. The van der Waals surface area contributed by atoms with E-state index < -0.39 is 0 Å². The van der Waals surface area contributed by atoms with Gasteiger partial charge in [-0.15, -0.1) is 0 Å². The Kier molecular flexibility index (Phi) is 2.90. The first-order valence-electron chi connectivity index (χ1n) is 6.72. The number of aryl methyl sites for hydroxylation is 1. The summed E-state index contributed by atoms with van der Waals surface area (Å²) in [7, 11) is 1.94. The lowest BCUT2D eigenvalue weighted by Crippen LogP contribution is -2.40. The van der Waals surface area contributed by atoms with E-state index in [9.17, 15) is 4.79 Å². The second-order valence-electron chi connectivity index (χ2n) is 5.18. The topological polar surface area (TPSA) is 34.0 Å². The van der Waals surface area contributed by atoms with Crippen molar-refractivity contribution in [1.29, 1.82) is 0 Å². The molecule has 3 heteroatoms. The first kappa shape index (κ1) is 12.0. The summed E-state index contributed by atoms with van der Waals surface area (Å²) in [5.41, 5.74) is 2.84. The van der Waals surface area contributed by atoms with Gasteiger partial charge in [-0.05, 0) is 30.9 Å². The molecule has 0 atom stereocenters. The largest absolute Gasteiger partial charge is 0.348 e. The third-order valence-electron chi connectivity index (χ3n) is 3.98. The van der Waals surface area contributed by atoms with Crippen LogP contribution in [0.2, 0.25) is 0 Å². The molecule has 2 aromatic rings. The third-order valence-corrected chi connectivity index (χ3v) is 3.98. The molecule has 98 valence electrons. The molecular formula is C16H18N2O. The Bertz CT molecular complexity index is 650. The maximum absolute atomic E-state index is 12.3. The van der Waals surface area contributed by atoms with Crippen LogP contribution >= 0.6 is 0 Å². The Labute approximate surface area is 112 Å². The number of benzene rings is 1. The second kappa shape index (κ2) is 4.57. The number of nitrogens with zero attached hydrogens (tertiary/aromatic N) is 1. The molecule has 1 aromatic heterocycles. The highest BCUT2D eigenvalue weighted by Crippen LogP contribution is 2.24. The fourth-order valence-corrected chi connectivity index (χ4v) is 2.64. The Balaban J connectivity index is 2.01. The molecule has 3 nitrogen and oxygen atoms in total. The van der Waals surface area contributed by atoms with Gasteiger partial charge < -0.3 is 9.88 Å². The fraction of sp³-hybridized carbons (Fsp3) is 0.312. The summed E-state index contributed by atoms with van der Waals surface area (Å²) in [5, 5.41) is 4.17. The minimum Gasteiger partial charge on any atom is -0.348 e. The normalized spacial score (nSPS) is 15.2. The molecule has 0 spiro atoms. The summed E-state index contributed by atoms with van der Waals surface area (Å²) in [6.45, 7) is 3.83. The van der Waals surface area contributed by atoms with Gasteiger partial charge in [0.2, 0.25) is 0 Å². The first-order chi connectivity index (χ1) is 9.20. The molecule has 1 aromatic carbocycles. The fourth-order valence-electron chi connectivity index (χ4n) is 2.64. The number of aromatic nitrogens is 1. The molecule has 1 amide bonds. The van der Waals surface area contributed by atoms with E-state index in [2.05, 4.69) is 11.9 Å². The Morgan fingerprint density at radius 3 is 2.89 bits per heavy atom. The van der Waals surface area contributed by atoms with Crippen LogP contribution in [0.25, 0.3) is 17.0 Å². The van der Waals surface area contributed by atoms with E-state index in [4.69, 9.17) is 0 Å². The van der Waals surface area contributed by atoms with Crippen molar-refractivity contribution in [3.63, 3.8) is 0 Å². The summed E-state index contributed by atoms with van der Waals surface area (Å²) in [6, 6.07) is 8.36. The van der Waals surface area contributed by atoms with Crippen molar-refractivity contribution in [2.45, 2.75) is 25.3 Å². The highest BCUT2D eigenvalue weighted by Gasteiger charge is 2.22. The minimum atomic E-state index is 0.0263. The molecule has 0 unspecified atom stereocenters. The summed E-state index contributed by atoms with van der Waals surface area (Å²) in [6.07, 6.45) is 5.26. The van der Waals surface area contributed by atoms with E-state index in [1.165, 1.54) is 6.42 Å². The molecule has 1 aliphatic rings. The predicted molar refractivity (Wildman–Crippen MR) is 78.1 cm³/mol. The standard InChI is InChI=1S/C16H18N2O/c1-3-11-6-4-7-12-10-14(18(2)15(11)12)16(19)17-13-8-5-9-13/h3-4,6-7,10,13H,1,5,8-9H2,2H3,(H,17,19). The molecule has 0 radical (unpaired) electrons. The highest BCUT2D eigenvalue weighted by molar-refractivity contribution is 6.00. The summed E-state index contributed by atoms with van der Waals surface area (Å²) in [5.74, 6) is 0.0263. The number of nitrogens with one attached hydrogen (secondary N) is 1. The van der Waals surface area contributed by atoms with Gasteiger partial charge in [0, 0.05) is 18.5 Å². The van der Waals surface area contributed by atoms with E-state index in [-0.39, 0.29) is 5.91 Å². The summed E-state index contributed by atoms with van der Waals surface area (Å²) in [4.78, 5) is 12.3. The number of carbonyl (C=O) groups excluding carboxylic acids is 1. The lowest BCUT2D eigenvalue weighted by molar-refractivity contribution is 0.0909. The van der Waals surface area contributed by atoms with Gasteiger partial charge in [-0.1, -0.05) is 30.9 Å². The van der Waals surface area contributed by atoms with E-state index >= 15 is 0 Å². The van der Waals surface area contributed by atoms with Crippen molar-refractivity contribution in [3.8, 4) is 0 Å². The Morgan fingerprint density at radius 2 is 2.26 bits per heavy atom. The van der Waals surface area contributed by atoms with Crippen LogP contribution < -0.4 is 5.32 Å². The molecule has 1 saturated carbocycles. The van der Waals surface area contributed by atoms with Gasteiger partial charge in [-0.25, -0.2) is 0 Å². The van der Waals surface area contributed by atoms with Crippen LogP contribution in [0.3, 0.4) is 0 Å². The zero-order valence-corrected chi connectivity index (χ0v) is 11.1. The van der Waals surface area contributed by atoms with E-state index in [0.717, 1.165) is 35.0 Å². The molecule has 0 bridgehead atoms. The van der Waals surface area contributed by atoms with Crippen LogP contribution in [0.15, 0.2) is 30.8 Å². The van der Waals surface area contributed by atoms with E-state index in [1.54, 1.807) is 0 Å². The maximum atomic E-state index is 12.3. The van der Waals surface area contributed by atoms with Crippen molar-refractivity contribution in [3.05, 3.63) is 42.1 Å². The molecule has 0 saturated heterocycles. The first-order valence-corrected chi connectivity index (χ1v) is 6.72. The zero-order valence-electron chi connectivity index (χ0n) is 11.1. The molecule has 1 heterocycles. The highest BCUT2D eigenvalue weighted by atomic mass is 16.2. The van der Waals surface area contributed by atoms with Gasteiger partial charge in [0.25, 0.3) is 5.91 Å². The van der Waals surface area contributed by atoms with Crippen LogP contribution in [-0.2, 0) is 7.05 Å². The minimum absolute atomic E-state index is 0.0263. The number of hydrogen-bond acceptors (Lipinski definition) is 1. The monoisotopic (exact) mass is 254 g/mol. The number of para-hydroxylation sites is 1. The maximum Gasteiger partial charge on any atom is 0.268 e. The Hall–Kier alpha value is -2.03. The molecule has 0 aliphatic heterocycles. The predicted octanol–water partition coefficient (Wildman–Crippen LogP) is 3.10. The van der Waals surface area contributed by atoms with Crippen molar-refractivity contribution in [1.82, 2.24) is 9.88 Å². The van der Waals surface area contributed by atoms with Crippen LogP contribution in [0.4, 0.5) is 0 Å².